The van der Waals surface area contributed by atoms with Crippen molar-refractivity contribution in [3.8, 4) is 11.5 Å². The zero-order chi connectivity index (χ0) is 16.2. The van der Waals surface area contributed by atoms with E-state index < -0.39 is 0 Å². The van der Waals surface area contributed by atoms with Gasteiger partial charge in [-0.2, -0.15) is 0 Å². The molecule has 1 unspecified atom stereocenters. The Morgan fingerprint density at radius 1 is 1.33 bits per heavy atom. The fraction of sp³-hybridized carbons (Fsp3) is 0.562. The van der Waals surface area contributed by atoms with Crippen molar-refractivity contribution >= 4 is 41.5 Å². The summed E-state index contributed by atoms with van der Waals surface area (Å²) in [5, 5.41) is 0.580. The van der Waals surface area contributed by atoms with Gasteiger partial charge in [-0.15, -0.1) is 24.0 Å². The Labute approximate surface area is 164 Å². The van der Waals surface area contributed by atoms with Gasteiger partial charge in [0.05, 0.1) is 17.7 Å². The highest BCUT2D eigenvalue weighted by Crippen LogP contribution is 2.38. The minimum atomic E-state index is 0. The van der Waals surface area contributed by atoms with Crippen LogP contribution in [0, 0.1) is 0 Å². The smallest absolute Gasteiger partial charge is 0.191 e. The van der Waals surface area contributed by atoms with Crippen molar-refractivity contribution in [1.82, 2.24) is 4.90 Å². The molecule has 0 radical (unpaired) electrons. The van der Waals surface area contributed by atoms with Crippen molar-refractivity contribution in [3.05, 3.63) is 22.7 Å². The third-order valence-electron chi connectivity index (χ3n) is 3.90. The summed E-state index contributed by atoms with van der Waals surface area (Å²) in [5.74, 6) is 1.91. The van der Waals surface area contributed by atoms with Crippen molar-refractivity contribution in [2.45, 2.75) is 19.4 Å². The van der Waals surface area contributed by atoms with Gasteiger partial charge in [0.2, 0.25) is 0 Å². The van der Waals surface area contributed by atoms with Gasteiger partial charge in [-0.3, -0.25) is 4.99 Å². The molecule has 2 N–H and O–H groups in total. The van der Waals surface area contributed by atoms with E-state index >= 15 is 0 Å². The first kappa shape index (κ1) is 19.4. The van der Waals surface area contributed by atoms with Gasteiger partial charge in [-0.1, -0.05) is 11.6 Å². The molecular weight excluding hydrogens is 445 g/mol. The largest absolute Gasteiger partial charge is 0.486 e. The first-order valence-corrected chi connectivity index (χ1v) is 8.26. The minimum Gasteiger partial charge on any atom is -0.486 e. The molecule has 0 aromatic heterocycles. The number of guanidine groups is 1. The van der Waals surface area contributed by atoms with Gasteiger partial charge < -0.3 is 24.8 Å². The molecule has 0 spiro atoms. The van der Waals surface area contributed by atoms with E-state index in [1.807, 2.05) is 19.1 Å². The van der Waals surface area contributed by atoms with Crippen LogP contribution in [0.2, 0.25) is 5.02 Å². The predicted molar refractivity (Wildman–Crippen MR) is 105 cm³/mol. The number of ether oxygens (including phenoxy) is 3. The summed E-state index contributed by atoms with van der Waals surface area (Å²) in [7, 11) is 0. The number of nitrogens with zero attached hydrogens (tertiary/aromatic N) is 2. The lowest BCUT2D eigenvalue weighted by Crippen LogP contribution is -2.47. The second kappa shape index (κ2) is 8.96. The van der Waals surface area contributed by atoms with Crippen LogP contribution >= 0.6 is 35.6 Å². The molecule has 1 aromatic carbocycles. The molecule has 1 fully saturated rings. The van der Waals surface area contributed by atoms with Crippen LogP contribution in [0.1, 0.15) is 12.5 Å². The quantitative estimate of drug-likeness (QED) is 0.420. The Bertz CT molecular complexity index is 600. The van der Waals surface area contributed by atoms with Crippen LogP contribution in [0.3, 0.4) is 0 Å². The van der Waals surface area contributed by atoms with E-state index in [0.717, 1.165) is 25.1 Å². The predicted octanol–water partition coefficient (Wildman–Crippen LogP) is 2.31. The van der Waals surface area contributed by atoms with Gasteiger partial charge in [0.25, 0.3) is 0 Å². The molecule has 0 amide bonds. The Balaban J connectivity index is 0.00000208. The highest BCUT2D eigenvalue weighted by molar-refractivity contribution is 14.0. The molecule has 1 saturated heterocycles. The maximum atomic E-state index is 6.24. The summed E-state index contributed by atoms with van der Waals surface area (Å²) in [5.41, 5.74) is 7.13. The van der Waals surface area contributed by atoms with Crippen molar-refractivity contribution in [1.29, 1.82) is 0 Å². The fourth-order valence-corrected chi connectivity index (χ4v) is 3.02. The molecule has 2 aliphatic heterocycles. The molecule has 3 rings (SSSR count). The van der Waals surface area contributed by atoms with Gasteiger partial charge in [0, 0.05) is 19.6 Å². The number of morpholine rings is 1. The maximum absolute atomic E-state index is 6.24. The standard InChI is InChI=1S/C16H22ClN3O3.HI/c1-11-10-20(4-5-21-11)16(18)19-3-2-12-8-13(17)15-14(9-12)22-6-7-23-15;/h8-9,11H,2-7,10H2,1H3,(H2,18,19);1H. The SMILES string of the molecule is CC1CN(C(N)=NCCc2cc(Cl)c3c(c2)OCCO3)CCO1.I. The zero-order valence-electron chi connectivity index (χ0n) is 13.7. The average molecular weight is 468 g/mol. The first-order chi connectivity index (χ1) is 11.1. The molecule has 8 heteroatoms. The van der Waals surface area contributed by atoms with Gasteiger partial charge in [-0.05, 0) is 31.0 Å². The Morgan fingerprint density at radius 3 is 2.92 bits per heavy atom. The number of hydrogen-bond acceptors (Lipinski definition) is 4. The summed E-state index contributed by atoms with van der Waals surface area (Å²) < 4.78 is 16.6. The Kier molecular flexibility index (Phi) is 7.24. The number of rotatable bonds is 3. The van der Waals surface area contributed by atoms with E-state index in [4.69, 9.17) is 31.5 Å². The van der Waals surface area contributed by atoms with Gasteiger partial charge in [0.1, 0.15) is 13.2 Å². The summed E-state index contributed by atoms with van der Waals surface area (Å²) in [6.07, 6.45) is 0.936. The normalized spacial score (nSPS) is 20.5. The van der Waals surface area contributed by atoms with Crippen molar-refractivity contribution in [3.63, 3.8) is 0 Å². The summed E-state index contributed by atoms with van der Waals surface area (Å²) >= 11 is 6.24. The van der Waals surface area contributed by atoms with E-state index in [0.29, 0.717) is 48.8 Å². The average Bonchev–Trinajstić information content (AvgIpc) is 2.55. The summed E-state index contributed by atoms with van der Waals surface area (Å²) in [6, 6.07) is 3.86. The molecular formula is C16H23ClIN3O3. The van der Waals surface area contributed by atoms with Crippen molar-refractivity contribution in [2.24, 2.45) is 10.7 Å². The molecule has 2 aliphatic rings. The van der Waals surface area contributed by atoms with Crippen LogP contribution in [0.25, 0.3) is 0 Å². The minimum absolute atomic E-state index is 0. The van der Waals surface area contributed by atoms with Gasteiger partial charge in [-0.25, -0.2) is 0 Å². The fourth-order valence-electron chi connectivity index (χ4n) is 2.73. The second-order valence-electron chi connectivity index (χ2n) is 5.72. The second-order valence-corrected chi connectivity index (χ2v) is 6.13. The topological polar surface area (TPSA) is 69.3 Å². The Hall–Kier alpha value is -0.930. The molecule has 1 atom stereocenters. The molecule has 1 aromatic rings. The highest BCUT2D eigenvalue weighted by Gasteiger charge is 2.18. The molecule has 24 heavy (non-hydrogen) atoms. The molecule has 0 aliphatic carbocycles. The van der Waals surface area contributed by atoms with Gasteiger partial charge >= 0.3 is 0 Å². The number of aliphatic imine (C=N–C) groups is 1. The van der Waals surface area contributed by atoms with E-state index in [1.54, 1.807) is 0 Å². The zero-order valence-corrected chi connectivity index (χ0v) is 16.8. The molecule has 0 saturated carbocycles. The lowest BCUT2D eigenvalue weighted by molar-refractivity contribution is 0.00530. The first-order valence-electron chi connectivity index (χ1n) is 7.88. The van der Waals surface area contributed by atoms with Crippen molar-refractivity contribution in [2.75, 3.05) is 39.5 Å². The van der Waals surface area contributed by atoms with Crippen LogP contribution in [-0.4, -0.2) is 56.4 Å². The lowest BCUT2D eigenvalue weighted by atomic mass is 10.1. The third-order valence-corrected chi connectivity index (χ3v) is 4.18. The van der Waals surface area contributed by atoms with Crippen LogP contribution in [-0.2, 0) is 11.2 Å². The molecule has 0 bridgehead atoms. The monoisotopic (exact) mass is 467 g/mol. The van der Waals surface area contributed by atoms with E-state index in [-0.39, 0.29) is 30.1 Å². The Morgan fingerprint density at radius 2 is 2.12 bits per heavy atom. The van der Waals surface area contributed by atoms with Crippen LogP contribution in [0.5, 0.6) is 11.5 Å². The number of hydrogen-bond donors (Lipinski definition) is 1. The molecule has 6 nitrogen and oxygen atoms in total. The van der Waals surface area contributed by atoms with Crippen LogP contribution in [0.15, 0.2) is 17.1 Å². The van der Waals surface area contributed by atoms with E-state index in [2.05, 4.69) is 9.89 Å². The van der Waals surface area contributed by atoms with Crippen LogP contribution in [0.4, 0.5) is 0 Å². The van der Waals surface area contributed by atoms with Gasteiger partial charge in [0.15, 0.2) is 17.5 Å². The number of fused-ring (bicyclic) bond motifs is 1. The van der Waals surface area contributed by atoms with E-state index in [9.17, 15) is 0 Å². The summed E-state index contributed by atoms with van der Waals surface area (Å²) in [6.45, 7) is 5.98. The molecule has 134 valence electrons. The highest BCUT2D eigenvalue weighted by atomic mass is 127. The van der Waals surface area contributed by atoms with Crippen molar-refractivity contribution < 1.29 is 14.2 Å². The third kappa shape index (κ3) is 4.80. The van der Waals surface area contributed by atoms with Crippen LogP contribution < -0.4 is 15.2 Å². The number of benzene rings is 1. The number of nitrogens with two attached hydrogens (primary N) is 1. The lowest BCUT2D eigenvalue weighted by Gasteiger charge is -2.31. The molecule has 2 heterocycles. The maximum Gasteiger partial charge on any atom is 0.191 e. The number of halogens is 2. The van der Waals surface area contributed by atoms with E-state index in [1.165, 1.54) is 0 Å². The summed E-state index contributed by atoms with van der Waals surface area (Å²) in [4.78, 5) is 6.53.